The molecule has 0 bridgehead atoms. The van der Waals surface area contributed by atoms with Crippen LogP contribution in [0.5, 0.6) is 0 Å². The molecule has 6 nitrogen and oxygen atoms in total. The van der Waals surface area contributed by atoms with E-state index >= 15 is 0 Å². The zero-order valence-electron chi connectivity index (χ0n) is 13.2. The maximum atomic E-state index is 12.4. The van der Waals surface area contributed by atoms with Crippen molar-refractivity contribution >= 4 is 10.2 Å². The van der Waals surface area contributed by atoms with Crippen LogP contribution in [0.4, 0.5) is 0 Å². The first-order valence-electron chi connectivity index (χ1n) is 7.29. The first-order chi connectivity index (χ1) is 9.18. The molecule has 1 saturated heterocycles. The Morgan fingerprint density at radius 2 is 2.00 bits per heavy atom. The molecule has 1 fully saturated rings. The van der Waals surface area contributed by atoms with Crippen molar-refractivity contribution in [2.45, 2.75) is 39.2 Å². The molecule has 3 N–H and O–H groups in total. The Hall–Kier alpha value is -0.210. The van der Waals surface area contributed by atoms with Crippen LogP contribution in [0.2, 0.25) is 0 Å². The van der Waals surface area contributed by atoms with Gasteiger partial charge >= 0.3 is 0 Å². The highest BCUT2D eigenvalue weighted by Gasteiger charge is 2.32. The minimum absolute atomic E-state index is 0.0572. The van der Waals surface area contributed by atoms with E-state index < -0.39 is 10.2 Å². The SMILES string of the molecule is CN(C)CC(C)(C)CNS(=O)(=O)N1CCCCC1CN. The number of hydrogen-bond donors (Lipinski definition) is 2. The lowest BCUT2D eigenvalue weighted by Crippen LogP contribution is -2.53. The average Bonchev–Trinajstić information content (AvgIpc) is 2.35. The van der Waals surface area contributed by atoms with Crippen molar-refractivity contribution in [3.8, 4) is 0 Å². The van der Waals surface area contributed by atoms with Crippen molar-refractivity contribution < 1.29 is 8.42 Å². The predicted molar refractivity (Wildman–Crippen MR) is 82.7 cm³/mol. The van der Waals surface area contributed by atoms with Gasteiger partial charge in [-0.15, -0.1) is 0 Å². The van der Waals surface area contributed by atoms with Gasteiger partial charge in [-0.25, -0.2) is 4.72 Å². The molecule has 0 aromatic rings. The highest BCUT2D eigenvalue weighted by atomic mass is 32.2. The molecular formula is C13H30N4O2S. The highest BCUT2D eigenvalue weighted by Crippen LogP contribution is 2.20. The molecule has 1 aliphatic heterocycles. The van der Waals surface area contributed by atoms with Crippen LogP contribution in [0.25, 0.3) is 0 Å². The molecule has 7 heteroatoms. The molecule has 0 aromatic carbocycles. The standard InChI is InChI=1S/C13H30N4O2S/c1-13(2,11-16(3)4)10-15-20(18,19)17-8-6-5-7-12(17)9-14/h12,15H,5-11,14H2,1-4H3. The second-order valence-corrected chi connectivity index (χ2v) is 8.43. The van der Waals surface area contributed by atoms with E-state index in [4.69, 9.17) is 5.73 Å². The van der Waals surface area contributed by atoms with Gasteiger partial charge in [0.05, 0.1) is 0 Å². The van der Waals surface area contributed by atoms with Gasteiger partial charge in [0.25, 0.3) is 10.2 Å². The van der Waals surface area contributed by atoms with Gasteiger partial charge in [0.15, 0.2) is 0 Å². The molecule has 0 spiro atoms. The second kappa shape index (κ2) is 7.17. The quantitative estimate of drug-likeness (QED) is 0.705. The molecule has 0 aliphatic carbocycles. The fourth-order valence-electron chi connectivity index (χ4n) is 2.81. The normalized spacial score (nSPS) is 22.4. The van der Waals surface area contributed by atoms with Gasteiger partial charge in [0.2, 0.25) is 0 Å². The van der Waals surface area contributed by atoms with E-state index in [-0.39, 0.29) is 11.5 Å². The molecular weight excluding hydrogens is 276 g/mol. The van der Waals surface area contributed by atoms with Gasteiger partial charge in [-0.1, -0.05) is 20.3 Å². The third kappa shape index (κ3) is 5.29. The number of nitrogens with two attached hydrogens (primary N) is 1. The second-order valence-electron chi connectivity index (χ2n) is 6.72. The summed E-state index contributed by atoms with van der Waals surface area (Å²) in [6, 6.07) is -0.0572. The Balaban J connectivity index is 2.64. The fourth-order valence-corrected chi connectivity index (χ4v) is 4.50. The summed E-state index contributed by atoms with van der Waals surface area (Å²) in [6.07, 6.45) is 2.83. The molecule has 1 heterocycles. The van der Waals surface area contributed by atoms with Gasteiger partial charge in [0.1, 0.15) is 0 Å². The smallest absolute Gasteiger partial charge is 0.279 e. The summed E-state index contributed by atoms with van der Waals surface area (Å²) in [7, 11) is 0.554. The topological polar surface area (TPSA) is 78.7 Å². The lowest BCUT2D eigenvalue weighted by atomic mass is 9.93. The summed E-state index contributed by atoms with van der Waals surface area (Å²) < 4.78 is 29.2. The molecule has 1 unspecified atom stereocenters. The van der Waals surface area contributed by atoms with Crippen LogP contribution < -0.4 is 10.5 Å². The molecule has 0 amide bonds. The van der Waals surface area contributed by atoms with E-state index in [1.54, 1.807) is 4.31 Å². The van der Waals surface area contributed by atoms with Crippen molar-refractivity contribution in [3.05, 3.63) is 0 Å². The third-order valence-corrected chi connectivity index (χ3v) is 5.24. The van der Waals surface area contributed by atoms with Crippen LogP contribution in [-0.4, -0.2) is 63.9 Å². The molecule has 0 saturated carbocycles. The maximum absolute atomic E-state index is 12.4. The summed E-state index contributed by atoms with van der Waals surface area (Å²) >= 11 is 0. The molecule has 0 aromatic heterocycles. The van der Waals surface area contributed by atoms with Gasteiger partial charge in [-0.05, 0) is 32.4 Å². The van der Waals surface area contributed by atoms with Crippen LogP contribution >= 0.6 is 0 Å². The highest BCUT2D eigenvalue weighted by molar-refractivity contribution is 7.87. The average molecular weight is 306 g/mol. The zero-order valence-corrected chi connectivity index (χ0v) is 14.0. The van der Waals surface area contributed by atoms with Crippen LogP contribution in [0.15, 0.2) is 0 Å². The molecule has 20 heavy (non-hydrogen) atoms. The number of piperidine rings is 1. The largest absolute Gasteiger partial charge is 0.329 e. The summed E-state index contributed by atoms with van der Waals surface area (Å²) in [6.45, 7) is 6.35. The number of nitrogens with one attached hydrogen (secondary N) is 1. The van der Waals surface area contributed by atoms with E-state index in [0.717, 1.165) is 25.8 Å². The first kappa shape index (κ1) is 17.8. The first-order valence-corrected chi connectivity index (χ1v) is 8.73. The number of nitrogens with zero attached hydrogens (tertiary/aromatic N) is 2. The van der Waals surface area contributed by atoms with E-state index in [0.29, 0.717) is 19.6 Å². The molecule has 1 aliphatic rings. The molecule has 1 rings (SSSR count). The van der Waals surface area contributed by atoms with Gasteiger partial charge in [0, 0.05) is 32.2 Å². The Morgan fingerprint density at radius 3 is 2.55 bits per heavy atom. The Morgan fingerprint density at radius 1 is 1.35 bits per heavy atom. The molecule has 1 atom stereocenters. The molecule has 120 valence electrons. The minimum Gasteiger partial charge on any atom is -0.329 e. The van der Waals surface area contributed by atoms with Gasteiger partial charge < -0.3 is 10.6 Å². The summed E-state index contributed by atoms with van der Waals surface area (Å²) in [5, 5.41) is 0. The number of rotatable bonds is 7. The maximum Gasteiger partial charge on any atom is 0.279 e. The van der Waals surface area contributed by atoms with E-state index in [1.807, 2.05) is 14.1 Å². The third-order valence-electron chi connectivity index (χ3n) is 3.63. The van der Waals surface area contributed by atoms with Crippen LogP contribution in [0.1, 0.15) is 33.1 Å². The van der Waals surface area contributed by atoms with E-state index in [9.17, 15) is 8.42 Å². The Bertz CT molecular complexity index is 395. The Labute approximate surface area is 123 Å². The number of hydrogen-bond acceptors (Lipinski definition) is 4. The van der Waals surface area contributed by atoms with Crippen molar-refractivity contribution in [2.24, 2.45) is 11.1 Å². The fraction of sp³-hybridized carbons (Fsp3) is 1.00. The van der Waals surface area contributed by atoms with E-state index in [2.05, 4.69) is 23.5 Å². The van der Waals surface area contributed by atoms with Crippen molar-refractivity contribution in [2.75, 3.05) is 40.3 Å². The van der Waals surface area contributed by atoms with Gasteiger partial charge in [-0.3, -0.25) is 0 Å². The summed E-state index contributed by atoms with van der Waals surface area (Å²) in [5.41, 5.74) is 5.59. The van der Waals surface area contributed by atoms with Crippen molar-refractivity contribution in [1.29, 1.82) is 0 Å². The van der Waals surface area contributed by atoms with Crippen LogP contribution in [0.3, 0.4) is 0 Å². The van der Waals surface area contributed by atoms with E-state index in [1.165, 1.54) is 0 Å². The predicted octanol–water partition coefficient (Wildman–Crippen LogP) is 0.222. The van der Waals surface area contributed by atoms with Crippen LogP contribution in [-0.2, 0) is 10.2 Å². The lowest BCUT2D eigenvalue weighted by Gasteiger charge is -2.35. The summed E-state index contributed by atoms with van der Waals surface area (Å²) in [5.74, 6) is 0. The van der Waals surface area contributed by atoms with Crippen LogP contribution in [0, 0.1) is 5.41 Å². The van der Waals surface area contributed by atoms with Crippen molar-refractivity contribution in [3.63, 3.8) is 0 Å². The minimum atomic E-state index is -3.43. The van der Waals surface area contributed by atoms with Crippen molar-refractivity contribution in [1.82, 2.24) is 13.9 Å². The van der Waals surface area contributed by atoms with Gasteiger partial charge in [-0.2, -0.15) is 12.7 Å². The Kier molecular flexibility index (Phi) is 6.40. The monoisotopic (exact) mass is 306 g/mol. The zero-order chi connectivity index (χ0) is 15.4. The summed E-state index contributed by atoms with van der Waals surface area (Å²) in [4.78, 5) is 2.07. The molecule has 0 radical (unpaired) electrons. The lowest BCUT2D eigenvalue weighted by molar-refractivity contribution is 0.231.